The quantitative estimate of drug-likeness (QED) is 0.747. The highest BCUT2D eigenvalue weighted by molar-refractivity contribution is 5.68. The van der Waals surface area contributed by atoms with Crippen LogP contribution >= 0.6 is 0 Å². The lowest BCUT2D eigenvalue weighted by atomic mass is 10.1. The Balaban J connectivity index is 2.61. The molecule has 2 rings (SSSR count). The van der Waals surface area contributed by atoms with Gasteiger partial charge in [0.05, 0.1) is 18.4 Å². The topological polar surface area (TPSA) is 35.0 Å². The fourth-order valence-electron chi connectivity index (χ4n) is 1.51. The number of rotatable bonds is 2. The van der Waals surface area contributed by atoms with Crippen molar-refractivity contribution in [1.29, 1.82) is 0 Å². The molecule has 0 spiro atoms. The minimum atomic E-state index is 0.619. The molecule has 0 aliphatic heterocycles. The zero-order chi connectivity index (χ0) is 10.7. The molecule has 2 aromatic rings. The Morgan fingerprint density at radius 3 is 2.60 bits per heavy atom. The molecule has 3 heteroatoms. The molecule has 3 nitrogen and oxygen atoms in total. The van der Waals surface area contributed by atoms with E-state index < -0.39 is 0 Å². The molecule has 0 saturated heterocycles. The molecule has 76 valence electrons. The second kappa shape index (κ2) is 4.09. The molecule has 0 saturated carbocycles. The van der Waals surface area contributed by atoms with Crippen molar-refractivity contribution in [2.45, 2.75) is 6.92 Å². The normalized spacial score (nSPS) is 10.0. The van der Waals surface area contributed by atoms with Crippen LogP contribution in [0, 0.1) is 6.92 Å². The number of hydrogen-bond acceptors (Lipinski definition) is 3. The van der Waals surface area contributed by atoms with Crippen LogP contribution in [0.5, 0.6) is 5.88 Å². The number of ether oxygens (including phenoxy) is 1. The van der Waals surface area contributed by atoms with E-state index in [0.29, 0.717) is 5.88 Å². The van der Waals surface area contributed by atoms with Gasteiger partial charge in [0.2, 0.25) is 5.88 Å². The van der Waals surface area contributed by atoms with Gasteiger partial charge in [-0.05, 0) is 30.7 Å². The fraction of sp³-hybridized carbons (Fsp3) is 0.167. The molecule has 0 aliphatic carbocycles. The van der Waals surface area contributed by atoms with E-state index in [2.05, 4.69) is 9.97 Å². The third-order valence-corrected chi connectivity index (χ3v) is 2.24. The summed E-state index contributed by atoms with van der Waals surface area (Å²) >= 11 is 0. The maximum atomic E-state index is 5.23. The second-order valence-electron chi connectivity index (χ2n) is 3.23. The summed E-state index contributed by atoms with van der Waals surface area (Å²) in [6.45, 7) is 2.02. The second-order valence-corrected chi connectivity index (χ2v) is 3.23. The third kappa shape index (κ3) is 1.81. The molecular weight excluding hydrogens is 188 g/mol. The van der Waals surface area contributed by atoms with E-state index in [1.54, 1.807) is 19.5 Å². The van der Waals surface area contributed by atoms with Crippen LogP contribution in [0.15, 0.2) is 36.7 Å². The fourth-order valence-corrected chi connectivity index (χ4v) is 1.51. The minimum absolute atomic E-state index is 0.619. The standard InChI is InChI=1S/C12H12N2O/c1-9-6-8-14-12(15-2)11(9)10-5-3-4-7-13-10/h3-8H,1-2H3. The van der Waals surface area contributed by atoms with Crippen LogP contribution in [0.1, 0.15) is 5.56 Å². The monoisotopic (exact) mass is 200 g/mol. The molecule has 2 aromatic heterocycles. The van der Waals surface area contributed by atoms with Gasteiger partial charge < -0.3 is 4.74 Å². The zero-order valence-corrected chi connectivity index (χ0v) is 8.77. The molecular formula is C12H12N2O. The summed E-state index contributed by atoms with van der Waals surface area (Å²) < 4.78 is 5.23. The number of methoxy groups -OCH3 is 1. The highest BCUT2D eigenvalue weighted by Gasteiger charge is 2.10. The van der Waals surface area contributed by atoms with E-state index in [0.717, 1.165) is 16.8 Å². The van der Waals surface area contributed by atoms with E-state index in [9.17, 15) is 0 Å². The van der Waals surface area contributed by atoms with E-state index in [1.807, 2.05) is 31.2 Å². The Labute approximate surface area is 88.8 Å². The van der Waals surface area contributed by atoms with Gasteiger partial charge in [0.1, 0.15) is 0 Å². The van der Waals surface area contributed by atoms with Crippen molar-refractivity contribution in [1.82, 2.24) is 9.97 Å². The van der Waals surface area contributed by atoms with Crippen molar-refractivity contribution in [2.24, 2.45) is 0 Å². The van der Waals surface area contributed by atoms with Crippen LogP contribution in [0.25, 0.3) is 11.3 Å². The molecule has 0 aromatic carbocycles. The van der Waals surface area contributed by atoms with Gasteiger partial charge >= 0.3 is 0 Å². The van der Waals surface area contributed by atoms with E-state index in [4.69, 9.17) is 4.74 Å². The van der Waals surface area contributed by atoms with Gasteiger partial charge in [0, 0.05) is 12.4 Å². The van der Waals surface area contributed by atoms with Gasteiger partial charge in [-0.15, -0.1) is 0 Å². The lowest BCUT2D eigenvalue weighted by Gasteiger charge is -2.08. The Bertz CT molecular complexity index is 454. The first-order chi connectivity index (χ1) is 7.33. The first-order valence-corrected chi connectivity index (χ1v) is 4.74. The predicted octanol–water partition coefficient (Wildman–Crippen LogP) is 2.46. The van der Waals surface area contributed by atoms with Crippen LogP contribution in [-0.2, 0) is 0 Å². The van der Waals surface area contributed by atoms with Gasteiger partial charge in [0.25, 0.3) is 0 Å². The van der Waals surface area contributed by atoms with Crippen LogP contribution in [0.3, 0.4) is 0 Å². The number of nitrogens with zero attached hydrogens (tertiary/aromatic N) is 2. The lowest BCUT2D eigenvalue weighted by Crippen LogP contribution is -1.95. The predicted molar refractivity (Wildman–Crippen MR) is 58.8 cm³/mol. The van der Waals surface area contributed by atoms with Gasteiger partial charge in [-0.2, -0.15) is 0 Å². The lowest BCUT2D eigenvalue weighted by molar-refractivity contribution is 0.399. The highest BCUT2D eigenvalue weighted by atomic mass is 16.5. The summed E-state index contributed by atoms with van der Waals surface area (Å²) in [5.41, 5.74) is 2.96. The molecule has 0 aliphatic rings. The molecule has 0 fully saturated rings. The molecule has 0 radical (unpaired) electrons. The Morgan fingerprint density at radius 2 is 1.93 bits per heavy atom. The van der Waals surface area contributed by atoms with Crippen molar-refractivity contribution < 1.29 is 4.74 Å². The molecule has 0 bridgehead atoms. The maximum Gasteiger partial charge on any atom is 0.222 e. The van der Waals surface area contributed by atoms with Crippen molar-refractivity contribution in [3.63, 3.8) is 0 Å². The first-order valence-electron chi connectivity index (χ1n) is 4.74. The van der Waals surface area contributed by atoms with Gasteiger partial charge in [-0.3, -0.25) is 4.98 Å². The minimum Gasteiger partial charge on any atom is -0.480 e. The average Bonchev–Trinajstić information content (AvgIpc) is 2.29. The van der Waals surface area contributed by atoms with Crippen molar-refractivity contribution in [3.05, 3.63) is 42.2 Å². The Morgan fingerprint density at radius 1 is 1.07 bits per heavy atom. The molecule has 0 amide bonds. The number of pyridine rings is 2. The van der Waals surface area contributed by atoms with Crippen molar-refractivity contribution >= 4 is 0 Å². The van der Waals surface area contributed by atoms with E-state index in [1.165, 1.54) is 0 Å². The largest absolute Gasteiger partial charge is 0.480 e. The number of aryl methyl sites for hydroxylation is 1. The SMILES string of the molecule is COc1nccc(C)c1-c1ccccn1. The van der Waals surface area contributed by atoms with Gasteiger partial charge in [-0.25, -0.2) is 4.98 Å². The summed E-state index contributed by atoms with van der Waals surface area (Å²) in [7, 11) is 1.62. The van der Waals surface area contributed by atoms with Crippen LogP contribution in [-0.4, -0.2) is 17.1 Å². The van der Waals surface area contributed by atoms with E-state index >= 15 is 0 Å². The highest BCUT2D eigenvalue weighted by Crippen LogP contribution is 2.28. The zero-order valence-electron chi connectivity index (χ0n) is 8.77. The smallest absolute Gasteiger partial charge is 0.222 e. The van der Waals surface area contributed by atoms with Gasteiger partial charge in [0.15, 0.2) is 0 Å². The maximum absolute atomic E-state index is 5.23. The molecule has 0 unspecified atom stereocenters. The van der Waals surface area contributed by atoms with Crippen LogP contribution in [0.4, 0.5) is 0 Å². The number of hydrogen-bond donors (Lipinski definition) is 0. The molecule has 2 heterocycles. The van der Waals surface area contributed by atoms with Crippen LogP contribution in [0.2, 0.25) is 0 Å². The Hall–Kier alpha value is -1.90. The van der Waals surface area contributed by atoms with E-state index in [-0.39, 0.29) is 0 Å². The molecule has 15 heavy (non-hydrogen) atoms. The first kappa shape index (κ1) is 9.65. The molecule has 0 N–H and O–H groups in total. The summed E-state index contributed by atoms with van der Waals surface area (Å²) in [5.74, 6) is 0.619. The average molecular weight is 200 g/mol. The summed E-state index contributed by atoms with van der Waals surface area (Å²) in [6, 6.07) is 7.74. The third-order valence-electron chi connectivity index (χ3n) is 2.24. The van der Waals surface area contributed by atoms with Crippen molar-refractivity contribution in [2.75, 3.05) is 7.11 Å². The van der Waals surface area contributed by atoms with Gasteiger partial charge in [-0.1, -0.05) is 6.07 Å². The number of aromatic nitrogens is 2. The Kier molecular flexibility index (Phi) is 2.63. The van der Waals surface area contributed by atoms with Crippen molar-refractivity contribution in [3.8, 4) is 17.1 Å². The summed E-state index contributed by atoms with van der Waals surface area (Å²) in [6.07, 6.45) is 3.50. The molecule has 0 atom stereocenters. The summed E-state index contributed by atoms with van der Waals surface area (Å²) in [4.78, 5) is 8.47. The summed E-state index contributed by atoms with van der Waals surface area (Å²) in [5, 5.41) is 0. The van der Waals surface area contributed by atoms with Crippen LogP contribution < -0.4 is 4.74 Å².